The van der Waals surface area contributed by atoms with Gasteiger partial charge in [0.1, 0.15) is 4.70 Å². The van der Waals surface area contributed by atoms with Crippen LogP contribution in [0.25, 0.3) is 10.2 Å². The van der Waals surface area contributed by atoms with Gasteiger partial charge in [0, 0.05) is 6.04 Å². The van der Waals surface area contributed by atoms with Crippen LogP contribution >= 0.6 is 23.1 Å². The zero-order valence-corrected chi connectivity index (χ0v) is 18.6. The standard InChI is InChI=1S/C21H23N3O4S2/c1-4-13(3)24-19(26)18-16(10-11-29-18)23-21(24)30-12-17(25)22-15-9-7-6-8-14(15)20(27)28-5-2/h6-11,13H,4-5,12H2,1-3H3,(H,22,25). The van der Waals surface area contributed by atoms with E-state index in [0.717, 1.165) is 6.42 Å². The molecule has 0 saturated carbocycles. The molecule has 3 rings (SSSR count). The lowest BCUT2D eigenvalue weighted by molar-refractivity contribution is -0.113. The predicted molar refractivity (Wildman–Crippen MR) is 121 cm³/mol. The van der Waals surface area contributed by atoms with Crippen LogP contribution < -0.4 is 10.9 Å². The van der Waals surface area contributed by atoms with Crippen LogP contribution in [0.2, 0.25) is 0 Å². The van der Waals surface area contributed by atoms with Crippen LogP contribution in [0.4, 0.5) is 5.69 Å². The lowest BCUT2D eigenvalue weighted by Gasteiger charge is -2.17. The Bertz CT molecular complexity index is 1120. The first-order valence-corrected chi connectivity index (χ1v) is 11.5. The van der Waals surface area contributed by atoms with E-state index >= 15 is 0 Å². The number of hydrogen-bond acceptors (Lipinski definition) is 7. The zero-order valence-electron chi connectivity index (χ0n) is 17.0. The van der Waals surface area contributed by atoms with E-state index in [9.17, 15) is 14.4 Å². The molecule has 0 saturated heterocycles. The lowest BCUT2D eigenvalue weighted by atomic mass is 10.2. The number of rotatable bonds is 8. The number of carbonyl (C=O) groups excluding carboxylic acids is 2. The lowest BCUT2D eigenvalue weighted by Crippen LogP contribution is -2.26. The number of anilines is 1. The molecule has 0 aliphatic carbocycles. The van der Waals surface area contributed by atoms with Gasteiger partial charge in [-0.25, -0.2) is 9.78 Å². The van der Waals surface area contributed by atoms with E-state index in [4.69, 9.17) is 4.74 Å². The van der Waals surface area contributed by atoms with Crippen molar-refractivity contribution in [2.75, 3.05) is 17.7 Å². The minimum absolute atomic E-state index is 0.0356. The van der Waals surface area contributed by atoms with Crippen LogP contribution in [0, 0.1) is 0 Å². The number of aromatic nitrogens is 2. The summed E-state index contributed by atoms with van der Waals surface area (Å²) in [5, 5.41) is 5.11. The molecule has 1 N–H and O–H groups in total. The SMILES string of the molecule is CCOC(=O)c1ccccc1NC(=O)CSc1nc2ccsc2c(=O)n1C(C)CC. The van der Waals surface area contributed by atoms with E-state index in [-0.39, 0.29) is 29.9 Å². The summed E-state index contributed by atoms with van der Waals surface area (Å²) in [6.07, 6.45) is 0.769. The molecule has 0 aliphatic rings. The monoisotopic (exact) mass is 445 g/mol. The molecule has 0 fully saturated rings. The van der Waals surface area contributed by atoms with Gasteiger partial charge in [-0.05, 0) is 43.8 Å². The van der Waals surface area contributed by atoms with Crippen LogP contribution in [-0.2, 0) is 9.53 Å². The van der Waals surface area contributed by atoms with Gasteiger partial charge >= 0.3 is 5.97 Å². The Kier molecular flexibility index (Phi) is 7.28. The van der Waals surface area contributed by atoms with Crippen LogP contribution in [0.5, 0.6) is 0 Å². The van der Waals surface area contributed by atoms with E-state index in [1.807, 2.05) is 25.3 Å². The molecule has 0 aliphatic heterocycles. The number of esters is 1. The van der Waals surface area contributed by atoms with Crippen LogP contribution in [-0.4, -0.2) is 33.8 Å². The number of amides is 1. The van der Waals surface area contributed by atoms with Gasteiger partial charge in [0.2, 0.25) is 5.91 Å². The Balaban J connectivity index is 1.80. The van der Waals surface area contributed by atoms with E-state index in [0.29, 0.717) is 26.6 Å². The molecule has 30 heavy (non-hydrogen) atoms. The Morgan fingerprint density at radius 3 is 2.77 bits per heavy atom. The van der Waals surface area contributed by atoms with E-state index in [1.54, 1.807) is 35.8 Å². The van der Waals surface area contributed by atoms with Gasteiger partial charge < -0.3 is 10.1 Å². The molecule has 2 heterocycles. The van der Waals surface area contributed by atoms with Crippen molar-refractivity contribution in [2.24, 2.45) is 0 Å². The first-order valence-electron chi connectivity index (χ1n) is 9.64. The maximum absolute atomic E-state index is 12.9. The number of nitrogens with one attached hydrogen (secondary N) is 1. The summed E-state index contributed by atoms with van der Waals surface area (Å²) < 4.78 is 7.31. The molecule has 1 amide bonds. The van der Waals surface area contributed by atoms with Gasteiger partial charge in [-0.2, -0.15) is 0 Å². The van der Waals surface area contributed by atoms with E-state index in [2.05, 4.69) is 10.3 Å². The number of benzene rings is 1. The predicted octanol–water partition coefficient (Wildman–Crippen LogP) is 4.34. The Labute approximate surface area is 182 Å². The number of nitrogens with zero attached hydrogens (tertiary/aromatic N) is 2. The van der Waals surface area contributed by atoms with Crippen LogP contribution in [0.1, 0.15) is 43.6 Å². The number of thiophene rings is 1. The van der Waals surface area contributed by atoms with Gasteiger partial charge in [0.05, 0.1) is 29.1 Å². The van der Waals surface area contributed by atoms with Crippen LogP contribution in [0.3, 0.4) is 0 Å². The molecule has 1 atom stereocenters. The molecule has 7 nitrogen and oxygen atoms in total. The fourth-order valence-electron chi connectivity index (χ4n) is 2.87. The second kappa shape index (κ2) is 9.90. The average molecular weight is 446 g/mol. The van der Waals surface area contributed by atoms with Crippen molar-refractivity contribution in [3.8, 4) is 0 Å². The third kappa shape index (κ3) is 4.73. The summed E-state index contributed by atoms with van der Waals surface area (Å²) in [4.78, 5) is 42.2. The smallest absolute Gasteiger partial charge is 0.340 e. The number of thioether (sulfide) groups is 1. The zero-order chi connectivity index (χ0) is 21.7. The van der Waals surface area contributed by atoms with Crippen molar-refractivity contribution in [3.05, 3.63) is 51.6 Å². The second-order valence-electron chi connectivity index (χ2n) is 6.56. The van der Waals surface area contributed by atoms with Gasteiger partial charge in [0.15, 0.2) is 5.16 Å². The quantitative estimate of drug-likeness (QED) is 0.315. The van der Waals surface area contributed by atoms with Gasteiger partial charge in [-0.3, -0.25) is 14.2 Å². The van der Waals surface area contributed by atoms with Crippen molar-refractivity contribution in [3.63, 3.8) is 0 Å². The van der Waals surface area contributed by atoms with Crippen LogP contribution in [0.15, 0.2) is 45.7 Å². The molecule has 9 heteroatoms. The van der Waals surface area contributed by atoms with Crippen molar-refractivity contribution in [1.82, 2.24) is 9.55 Å². The summed E-state index contributed by atoms with van der Waals surface area (Å²) in [6, 6.07) is 8.47. The van der Waals surface area contributed by atoms with Crippen molar-refractivity contribution in [2.45, 2.75) is 38.4 Å². The minimum Gasteiger partial charge on any atom is -0.462 e. The molecule has 2 aromatic heterocycles. The summed E-state index contributed by atoms with van der Waals surface area (Å²) in [5.41, 5.74) is 1.24. The number of fused-ring (bicyclic) bond motifs is 1. The normalized spacial score (nSPS) is 12.0. The van der Waals surface area contributed by atoms with Crippen molar-refractivity contribution < 1.29 is 14.3 Å². The molecule has 0 bridgehead atoms. The largest absolute Gasteiger partial charge is 0.462 e. The molecule has 0 spiro atoms. The number of carbonyl (C=O) groups is 2. The Hall–Kier alpha value is -2.65. The molecule has 3 aromatic rings. The van der Waals surface area contributed by atoms with E-state index < -0.39 is 5.97 Å². The maximum atomic E-state index is 12.9. The van der Waals surface area contributed by atoms with Gasteiger partial charge in [-0.1, -0.05) is 30.8 Å². The average Bonchev–Trinajstić information content (AvgIpc) is 3.21. The number of para-hydroxylation sites is 1. The highest BCUT2D eigenvalue weighted by Crippen LogP contribution is 2.25. The first-order chi connectivity index (χ1) is 14.5. The highest BCUT2D eigenvalue weighted by Gasteiger charge is 2.18. The van der Waals surface area contributed by atoms with Crippen molar-refractivity contribution >= 4 is 50.9 Å². The highest BCUT2D eigenvalue weighted by molar-refractivity contribution is 7.99. The number of hydrogen-bond donors (Lipinski definition) is 1. The molecule has 1 aromatic carbocycles. The third-order valence-electron chi connectivity index (χ3n) is 4.54. The fourth-order valence-corrected chi connectivity index (χ4v) is 4.54. The summed E-state index contributed by atoms with van der Waals surface area (Å²) >= 11 is 2.57. The maximum Gasteiger partial charge on any atom is 0.340 e. The molecule has 158 valence electrons. The Morgan fingerprint density at radius 2 is 2.03 bits per heavy atom. The highest BCUT2D eigenvalue weighted by atomic mass is 32.2. The second-order valence-corrected chi connectivity index (χ2v) is 8.42. The molecule has 1 unspecified atom stereocenters. The van der Waals surface area contributed by atoms with Crippen molar-refractivity contribution in [1.29, 1.82) is 0 Å². The third-order valence-corrected chi connectivity index (χ3v) is 6.38. The summed E-state index contributed by atoms with van der Waals surface area (Å²) in [5.74, 6) is -0.737. The first kappa shape index (κ1) is 22.0. The van der Waals surface area contributed by atoms with Gasteiger partial charge in [0.25, 0.3) is 5.56 Å². The number of ether oxygens (including phenoxy) is 1. The molecular formula is C21H23N3O4S2. The fraction of sp³-hybridized carbons (Fsp3) is 0.333. The van der Waals surface area contributed by atoms with Gasteiger partial charge in [-0.15, -0.1) is 11.3 Å². The topological polar surface area (TPSA) is 90.3 Å². The summed E-state index contributed by atoms with van der Waals surface area (Å²) in [7, 11) is 0. The molecular weight excluding hydrogens is 422 g/mol. The summed E-state index contributed by atoms with van der Waals surface area (Å²) in [6.45, 7) is 5.94. The minimum atomic E-state index is -0.490. The van der Waals surface area contributed by atoms with E-state index in [1.165, 1.54) is 23.1 Å². The molecule has 0 radical (unpaired) electrons. The Morgan fingerprint density at radius 1 is 1.27 bits per heavy atom.